The first-order chi connectivity index (χ1) is 10.7. The maximum atomic E-state index is 5.49. The molecule has 0 amide bonds. The molecular formula is C18H14I2O2. The largest absolute Gasteiger partial charge is 0.493 e. The molecule has 0 aliphatic heterocycles. The van der Waals surface area contributed by atoms with Gasteiger partial charge in [-0.25, -0.2) is 0 Å². The van der Waals surface area contributed by atoms with Crippen LogP contribution in [0.5, 0.6) is 11.5 Å². The lowest BCUT2D eigenvalue weighted by atomic mass is 9.98. The second-order valence-electron chi connectivity index (χ2n) is 4.83. The van der Waals surface area contributed by atoms with Crippen LogP contribution < -0.4 is 9.47 Å². The standard InChI is InChI=1S/C18H14I2O2/c1-21-16-8-12-13(9-17(16)22-2)18(15(20)10-14(12)19)11-6-4-3-5-7-11/h3-10H,1-2H3. The molecule has 4 heteroatoms. The van der Waals surface area contributed by atoms with E-state index in [0.717, 1.165) is 11.5 Å². The number of benzene rings is 3. The van der Waals surface area contributed by atoms with Gasteiger partial charge in [-0.05, 0) is 79.7 Å². The summed E-state index contributed by atoms with van der Waals surface area (Å²) in [5.41, 5.74) is 2.44. The van der Waals surface area contributed by atoms with E-state index in [9.17, 15) is 0 Å². The molecule has 3 rings (SSSR count). The van der Waals surface area contributed by atoms with E-state index in [4.69, 9.17) is 9.47 Å². The molecule has 0 unspecified atom stereocenters. The summed E-state index contributed by atoms with van der Waals surface area (Å²) in [7, 11) is 3.34. The Kier molecular flexibility index (Phi) is 4.77. The fraction of sp³-hybridized carbons (Fsp3) is 0.111. The molecule has 2 nitrogen and oxygen atoms in total. The van der Waals surface area contributed by atoms with Gasteiger partial charge in [0, 0.05) is 12.7 Å². The second-order valence-corrected chi connectivity index (χ2v) is 7.16. The van der Waals surface area contributed by atoms with Gasteiger partial charge in [-0.3, -0.25) is 0 Å². The van der Waals surface area contributed by atoms with Crippen LogP contribution >= 0.6 is 45.2 Å². The van der Waals surface area contributed by atoms with E-state index in [0.29, 0.717) is 0 Å². The molecule has 0 aromatic heterocycles. The van der Waals surface area contributed by atoms with Crippen LogP contribution in [0.4, 0.5) is 0 Å². The van der Waals surface area contributed by atoms with Gasteiger partial charge in [-0.1, -0.05) is 30.3 Å². The first-order valence-electron chi connectivity index (χ1n) is 6.75. The highest BCUT2D eigenvalue weighted by molar-refractivity contribution is 14.1. The zero-order valence-corrected chi connectivity index (χ0v) is 16.5. The summed E-state index contributed by atoms with van der Waals surface area (Å²) < 4.78 is 13.4. The van der Waals surface area contributed by atoms with E-state index < -0.39 is 0 Å². The highest BCUT2D eigenvalue weighted by Gasteiger charge is 2.15. The van der Waals surface area contributed by atoms with Gasteiger partial charge in [0.15, 0.2) is 11.5 Å². The first-order valence-corrected chi connectivity index (χ1v) is 8.90. The van der Waals surface area contributed by atoms with Crippen LogP contribution in [0.25, 0.3) is 21.9 Å². The zero-order valence-electron chi connectivity index (χ0n) is 12.2. The third kappa shape index (κ3) is 2.78. The highest BCUT2D eigenvalue weighted by Crippen LogP contribution is 2.41. The lowest BCUT2D eigenvalue weighted by molar-refractivity contribution is 0.356. The molecule has 0 fully saturated rings. The number of halogens is 2. The molecule has 0 bridgehead atoms. The second kappa shape index (κ2) is 6.62. The maximum absolute atomic E-state index is 5.49. The van der Waals surface area contributed by atoms with Gasteiger partial charge in [0.05, 0.1) is 14.2 Å². The molecule has 0 atom stereocenters. The van der Waals surface area contributed by atoms with Crippen molar-refractivity contribution in [2.45, 2.75) is 0 Å². The van der Waals surface area contributed by atoms with Gasteiger partial charge in [-0.2, -0.15) is 0 Å². The minimum Gasteiger partial charge on any atom is -0.493 e. The Labute approximate surface area is 157 Å². The quantitative estimate of drug-likeness (QED) is 0.414. The third-order valence-electron chi connectivity index (χ3n) is 3.61. The smallest absolute Gasteiger partial charge is 0.161 e. The Morgan fingerprint density at radius 3 is 1.91 bits per heavy atom. The van der Waals surface area contributed by atoms with Gasteiger partial charge in [0.25, 0.3) is 0 Å². The summed E-state index contributed by atoms with van der Waals surface area (Å²) in [6, 6.07) is 16.8. The molecule has 0 N–H and O–H groups in total. The predicted molar refractivity (Wildman–Crippen MR) is 108 cm³/mol. The van der Waals surface area contributed by atoms with Gasteiger partial charge >= 0.3 is 0 Å². The van der Waals surface area contributed by atoms with Gasteiger partial charge < -0.3 is 9.47 Å². The van der Waals surface area contributed by atoms with Gasteiger partial charge in [0.1, 0.15) is 0 Å². The number of methoxy groups -OCH3 is 2. The summed E-state index contributed by atoms with van der Waals surface area (Å²) in [6.07, 6.45) is 0. The highest BCUT2D eigenvalue weighted by atomic mass is 127. The molecule has 0 saturated heterocycles. The molecule has 22 heavy (non-hydrogen) atoms. The van der Waals surface area contributed by atoms with Crippen LogP contribution in [0, 0.1) is 7.14 Å². The van der Waals surface area contributed by atoms with Crippen LogP contribution in [0.15, 0.2) is 48.5 Å². The zero-order chi connectivity index (χ0) is 15.7. The monoisotopic (exact) mass is 516 g/mol. The van der Waals surface area contributed by atoms with Crippen LogP contribution in [-0.2, 0) is 0 Å². The van der Waals surface area contributed by atoms with Crippen LogP contribution in [0.2, 0.25) is 0 Å². The van der Waals surface area contributed by atoms with Crippen LogP contribution in [0.3, 0.4) is 0 Å². The predicted octanol–water partition coefficient (Wildman–Crippen LogP) is 5.73. The molecule has 0 radical (unpaired) electrons. The lowest BCUT2D eigenvalue weighted by Gasteiger charge is -2.15. The van der Waals surface area contributed by atoms with Crippen molar-refractivity contribution in [2.24, 2.45) is 0 Å². The molecule has 0 saturated carbocycles. The van der Waals surface area contributed by atoms with E-state index in [1.807, 2.05) is 6.07 Å². The van der Waals surface area contributed by atoms with Crippen molar-refractivity contribution in [3.05, 3.63) is 55.7 Å². The van der Waals surface area contributed by atoms with Crippen molar-refractivity contribution in [1.82, 2.24) is 0 Å². The van der Waals surface area contributed by atoms with E-state index in [-0.39, 0.29) is 0 Å². The van der Waals surface area contributed by atoms with Crippen molar-refractivity contribution < 1.29 is 9.47 Å². The van der Waals surface area contributed by atoms with E-state index in [1.54, 1.807) is 14.2 Å². The summed E-state index contributed by atoms with van der Waals surface area (Å²) >= 11 is 4.78. The van der Waals surface area contributed by atoms with Crippen molar-refractivity contribution in [3.8, 4) is 22.6 Å². The molecule has 0 aliphatic carbocycles. The van der Waals surface area contributed by atoms with E-state index >= 15 is 0 Å². The van der Waals surface area contributed by atoms with Crippen molar-refractivity contribution in [3.63, 3.8) is 0 Å². The Hall–Kier alpha value is -1.02. The van der Waals surface area contributed by atoms with Crippen molar-refractivity contribution >= 4 is 56.0 Å². The average Bonchev–Trinajstić information content (AvgIpc) is 2.54. The van der Waals surface area contributed by atoms with E-state index in [1.165, 1.54) is 29.0 Å². The first kappa shape index (κ1) is 15.9. The summed E-state index contributed by atoms with van der Waals surface area (Å²) in [5.74, 6) is 1.51. The molecule has 0 heterocycles. The number of rotatable bonds is 3. The average molecular weight is 516 g/mol. The number of hydrogen-bond acceptors (Lipinski definition) is 2. The summed E-state index contributed by atoms with van der Waals surface area (Å²) in [6.45, 7) is 0. The Balaban J connectivity index is 2.41. The Morgan fingerprint density at radius 1 is 0.727 bits per heavy atom. The van der Waals surface area contributed by atoms with Crippen molar-refractivity contribution in [2.75, 3.05) is 14.2 Å². The molecule has 112 valence electrons. The van der Waals surface area contributed by atoms with Gasteiger partial charge in [0.2, 0.25) is 0 Å². The third-order valence-corrected chi connectivity index (χ3v) is 5.35. The van der Waals surface area contributed by atoms with E-state index in [2.05, 4.69) is 87.6 Å². The minimum absolute atomic E-state index is 0.755. The fourth-order valence-corrected chi connectivity index (χ4v) is 4.84. The fourth-order valence-electron chi connectivity index (χ4n) is 2.57. The van der Waals surface area contributed by atoms with Crippen LogP contribution in [-0.4, -0.2) is 14.2 Å². The number of fused-ring (bicyclic) bond motifs is 1. The minimum atomic E-state index is 0.755. The molecule has 3 aromatic carbocycles. The molecule has 3 aromatic rings. The summed E-state index contributed by atoms with van der Waals surface area (Å²) in [5, 5.41) is 2.36. The Morgan fingerprint density at radius 2 is 1.32 bits per heavy atom. The molecule has 0 spiro atoms. The topological polar surface area (TPSA) is 18.5 Å². The number of ether oxygens (including phenoxy) is 2. The SMILES string of the molecule is COc1cc2c(I)cc(I)c(-c3ccccc3)c2cc1OC. The maximum Gasteiger partial charge on any atom is 0.161 e. The molecule has 0 aliphatic rings. The molecular weight excluding hydrogens is 502 g/mol. The normalized spacial score (nSPS) is 10.7. The number of hydrogen-bond donors (Lipinski definition) is 0. The lowest BCUT2D eigenvalue weighted by Crippen LogP contribution is -1.94. The van der Waals surface area contributed by atoms with Gasteiger partial charge in [-0.15, -0.1) is 0 Å². The van der Waals surface area contributed by atoms with Crippen molar-refractivity contribution in [1.29, 1.82) is 0 Å². The van der Waals surface area contributed by atoms with Crippen LogP contribution in [0.1, 0.15) is 0 Å². The Bertz CT molecular complexity index is 830. The summed E-state index contributed by atoms with van der Waals surface area (Å²) in [4.78, 5) is 0.